The molecule has 0 aliphatic carbocycles. The van der Waals surface area contributed by atoms with E-state index in [0.29, 0.717) is 17.6 Å². The Labute approximate surface area is 88.3 Å². The van der Waals surface area contributed by atoms with E-state index in [9.17, 15) is 4.79 Å². The molecule has 0 fully saturated rings. The second-order valence-electron chi connectivity index (χ2n) is 3.93. The zero-order chi connectivity index (χ0) is 11.0. The molecule has 0 spiro atoms. The van der Waals surface area contributed by atoms with Crippen molar-refractivity contribution in [1.82, 2.24) is 0 Å². The van der Waals surface area contributed by atoms with Crippen LogP contribution in [0.5, 0.6) is 0 Å². The van der Waals surface area contributed by atoms with Crippen molar-refractivity contribution in [2.24, 2.45) is 0 Å². The van der Waals surface area contributed by atoms with E-state index in [1.54, 1.807) is 18.2 Å². The zero-order valence-electron chi connectivity index (χ0n) is 8.74. The molecule has 3 N–H and O–H groups in total. The molecule has 0 saturated carbocycles. The maximum Gasteiger partial charge on any atom is 0.335 e. The number of hydrogen-bond acceptors (Lipinski definition) is 3. The third kappa shape index (κ3) is 1.75. The van der Waals surface area contributed by atoms with Gasteiger partial charge in [-0.05, 0) is 32.0 Å². The maximum absolute atomic E-state index is 10.8. The first-order chi connectivity index (χ1) is 7.08. The maximum atomic E-state index is 10.8. The third-order valence-corrected chi connectivity index (χ3v) is 2.78. The van der Waals surface area contributed by atoms with Crippen LogP contribution in [0.15, 0.2) is 18.2 Å². The first-order valence-electron chi connectivity index (χ1n) is 4.98. The normalized spacial score (nSPS) is 23.6. The lowest BCUT2D eigenvalue weighted by Crippen LogP contribution is -2.38. The van der Waals surface area contributed by atoms with Crippen molar-refractivity contribution in [2.75, 3.05) is 10.6 Å². The Morgan fingerprint density at radius 3 is 2.40 bits per heavy atom. The predicted octanol–water partition coefficient (Wildman–Crippen LogP) is 2.00. The topological polar surface area (TPSA) is 61.4 Å². The molecule has 1 aliphatic heterocycles. The summed E-state index contributed by atoms with van der Waals surface area (Å²) in [4.78, 5) is 10.8. The molecule has 0 radical (unpaired) electrons. The van der Waals surface area contributed by atoms with E-state index in [2.05, 4.69) is 24.5 Å². The average Bonchev–Trinajstić information content (AvgIpc) is 2.19. The molecule has 2 atom stereocenters. The van der Waals surface area contributed by atoms with Gasteiger partial charge in [-0.3, -0.25) is 0 Å². The molecular formula is C11H14N2O2. The van der Waals surface area contributed by atoms with E-state index in [1.807, 2.05) is 0 Å². The van der Waals surface area contributed by atoms with Gasteiger partial charge in [0.2, 0.25) is 0 Å². The molecule has 1 aromatic rings. The fourth-order valence-electron chi connectivity index (χ4n) is 1.66. The van der Waals surface area contributed by atoms with Crippen molar-refractivity contribution in [3.05, 3.63) is 23.8 Å². The van der Waals surface area contributed by atoms with Crippen molar-refractivity contribution in [2.45, 2.75) is 25.9 Å². The first kappa shape index (κ1) is 9.83. The van der Waals surface area contributed by atoms with Gasteiger partial charge in [-0.2, -0.15) is 0 Å². The molecule has 0 aromatic heterocycles. The number of carboxylic acid groups (broad SMARTS) is 1. The van der Waals surface area contributed by atoms with Gasteiger partial charge >= 0.3 is 5.97 Å². The lowest BCUT2D eigenvalue weighted by molar-refractivity contribution is 0.0697. The number of anilines is 2. The number of carbonyl (C=O) groups is 1. The van der Waals surface area contributed by atoms with Gasteiger partial charge in [-0.25, -0.2) is 4.79 Å². The van der Waals surface area contributed by atoms with Crippen LogP contribution in [0.25, 0.3) is 0 Å². The fraction of sp³-hybridized carbons (Fsp3) is 0.364. The van der Waals surface area contributed by atoms with Crippen LogP contribution in [0.1, 0.15) is 24.2 Å². The fourth-order valence-corrected chi connectivity index (χ4v) is 1.66. The van der Waals surface area contributed by atoms with Gasteiger partial charge in [-0.15, -0.1) is 0 Å². The Hall–Kier alpha value is -1.71. The molecular weight excluding hydrogens is 192 g/mol. The SMILES string of the molecule is C[C@H]1Nc2ccc(C(=O)O)cc2N[C@@H]1C. The third-order valence-electron chi connectivity index (χ3n) is 2.78. The van der Waals surface area contributed by atoms with E-state index in [4.69, 9.17) is 5.11 Å². The lowest BCUT2D eigenvalue weighted by atomic mass is 10.0. The van der Waals surface area contributed by atoms with E-state index >= 15 is 0 Å². The quantitative estimate of drug-likeness (QED) is 0.657. The van der Waals surface area contributed by atoms with E-state index in [1.165, 1.54) is 0 Å². The Morgan fingerprint density at radius 2 is 1.80 bits per heavy atom. The average molecular weight is 206 g/mol. The minimum absolute atomic E-state index is 0.293. The summed E-state index contributed by atoms with van der Waals surface area (Å²) in [5.41, 5.74) is 2.14. The number of carboxylic acids is 1. The van der Waals surface area contributed by atoms with E-state index < -0.39 is 5.97 Å². The molecule has 4 nitrogen and oxygen atoms in total. The van der Waals surface area contributed by atoms with Crippen LogP contribution in [0.2, 0.25) is 0 Å². The van der Waals surface area contributed by atoms with Crippen LogP contribution in [-0.2, 0) is 0 Å². The molecule has 0 amide bonds. The minimum atomic E-state index is -0.897. The van der Waals surface area contributed by atoms with Crippen molar-refractivity contribution in [1.29, 1.82) is 0 Å². The Balaban J connectivity index is 2.37. The molecule has 1 aliphatic rings. The Morgan fingerprint density at radius 1 is 1.20 bits per heavy atom. The smallest absolute Gasteiger partial charge is 0.335 e. The van der Waals surface area contributed by atoms with Crippen LogP contribution in [0.4, 0.5) is 11.4 Å². The van der Waals surface area contributed by atoms with Crippen molar-refractivity contribution >= 4 is 17.3 Å². The minimum Gasteiger partial charge on any atom is -0.478 e. The summed E-state index contributed by atoms with van der Waals surface area (Å²) in [7, 11) is 0. The van der Waals surface area contributed by atoms with Crippen LogP contribution in [0.3, 0.4) is 0 Å². The Bertz CT molecular complexity index is 404. The molecule has 80 valence electrons. The van der Waals surface area contributed by atoms with Crippen LogP contribution < -0.4 is 10.6 Å². The molecule has 2 rings (SSSR count). The molecule has 0 saturated heterocycles. The standard InChI is InChI=1S/C11H14N2O2/c1-6-7(2)13-10-5-8(11(14)15)3-4-9(10)12-6/h3-7,12-13H,1-2H3,(H,14,15)/t6-,7-/m1/s1. The molecule has 1 heterocycles. The summed E-state index contributed by atoms with van der Waals surface area (Å²) in [5, 5.41) is 15.5. The number of hydrogen-bond donors (Lipinski definition) is 3. The summed E-state index contributed by atoms with van der Waals surface area (Å²) in [6, 6.07) is 5.70. The highest BCUT2D eigenvalue weighted by Crippen LogP contribution is 2.29. The van der Waals surface area contributed by atoms with Gasteiger partial charge in [0.25, 0.3) is 0 Å². The number of nitrogens with one attached hydrogen (secondary N) is 2. The number of fused-ring (bicyclic) bond motifs is 1. The van der Waals surface area contributed by atoms with Crippen LogP contribution in [-0.4, -0.2) is 23.2 Å². The second kappa shape index (κ2) is 3.46. The molecule has 0 unspecified atom stereocenters. The Kier molecular flexibility index (Phi) is 2.26. The summed E-state index contributed by atoms with van der Waals surface area (Å²) in [6.07, 6.45) is 0. The van der Waals surface area contributed by atoms with Gasteiger partial charge in [0.15, 0.2) is 0 Å². The highest BCUT2D eigenvalue weighted by atomic mass is 16.4. The summed E-state index contributed by atoms with van der Waals surface area (Å²) < 4.78 is 0. The second-order valence-corrected chi connectivity index (χ2v) is 3.93. The van der Waals surface area contributed by atoms with E-state index in [0.717, 1.165) is 11.4 Å². The van der Waals surface area contributed by atoms with Gasteiger partial charge in [0.1, 0.15) is 0 Å². The number of benzene rings is 1. The monoisotopic (exact) mass is 206 g/mol. The largest absolute Gasteiger partial charge is 0.478 e. The van der Waals surface area contributed by atoms with Crippen LogP contribution in [0, 0.1) is 0 Å². The summed E-state index contributed by atoms with van der Waals surface area (Å²) in [6.45, 7) is 4.15. The highest BCUT2D eigenvalue weighted by molar-refractivity contribution is 5.91. The summed E-state index contributed by atoms with van der Waals surface area (Å²) in [5.74, 6) is -0.897. The molecule has 1 aromatic carbocycles. The summed E-state index contributed by atoms with van der Waals surface area (Å²) >= 11 is 0. The number of rotatable bonds is 1. The van der Waals surface area contributed by atoms with Gasteiger partial charge < -0.3 is 15.7 Å². The predicted molar refractivity (Wildman–Crippen MR) is 59.6 cm³/mol. The van der Waals surface area contributed by atoms with Crippen LogP contribution >= 0.6 is 0 Å². The van der Waals surface area contributed by atoms with Crippen molar-refractivity contribution in [3.63, 3.8) is 0 Å². The van der Waals surface area contributed by atoms with E-state index in [-0.39, 0.29) is 0 Å². The molecule has 15 heavy (non-hydrogen) atoms. The highest BCUT2D eigenvalue weighted by Gasteiger charge is 2.20. The zero-order valence-corrected chi connectivity index (χ0v) is 8.74. The van der Waals surface area contributed by atoms with Gasteiger partial charge in [0, 0.05) is 12.1 Å². The lowest BCUT2D eigenvalue weighted by Gasteiger charge is -2.32. The number of aromatic carboxylic acids is 1. The molecule has 0 bridgehead atoms. The van der Waals surface area contributed by atoms with Crippen molar-refractivity contribution in [3.8, 4) is 0 Å². The molecule has 4 heteroatoms. The van der Waals surface area contributed by atoms with Gasteiger partial charge in [-0.1, -0.05) is 0 Å². The van der Waals surface area contributed by atoms with Crippen molar-refractivity contribution < 1.29 is 9.90 Å². The first-order valence-corrected chi connectivity index (χ1v) is 4.98. The van der Waals surface area contributed by atoms with Gasteiger partial charge in [0.05, 0.1) is 16.9 Å².